The molecule has 0 bridgehead atoms. The number of hydrogen-bond donors (Lipinski definition) is 2. The quantitative estimate of drug-likeness (QED) is 0.910. The average Bonchev–Trinajstić information content (AvgIpc) is 2.53. The summed E-state index contributed by atoms with van der Waals surface area (Å²) in [7, 11) is 0. The SMILES string of the molecule is O=C1CCc2cc(OC(C(=O)O)c3ccccc3)ccc2N1. The molecule has 0 aliphatic carbocycles. The molecule has 2 aromatic carbocycles. The van der Waals surface area contributed by atoms with Crippen LogP contribution in [-0.2, 0) is 16.0 Å². The fourth-order valence-corrected chi connectivity index (χ4v) is 2.46. The average molecular weight is 297 g/mol. The van der Waals surface area contributed by atoms with Crippen molar-refractivity contribution in [1.82, 2.24) is 0 Å². The Bertz CT molecular complexity index is 712. The standard InChI is InChI=1S/C17H15NO4/c19-15-9-6-12-10-13(7-8-14(12)18-15)22-16(17(20)21)11-4-2-1-3-5-11/h1-5,7-8,10,16H,6,9H2,(H,18,19)(H,20,21). The smallest absolute Gasteiger partial charge is 0.349 e. The van der Waals surface area contributed by atoms with Crippen LogP contribution in [0.5, 0.6) is 5.75 Å². The topological polar surface area (TPSA) is 75.6 Å². The summed E-state index contributed by atoms with van der Waals surface area (Å²) < 4.78 is 5.64. The molecule has 1 aliphatic rings. The Kier molecular flexibility index (Phi) is 3.78. The first-order chi connectivity index (χ1) is 10.6. The Morgan fingerprint density at radius 1 is 1.14 bits per heavy atom. The van der Waals surface area contributed by atoms with Crippen LogP contribution in [0.15, 0.2) is 48.5 Å². The third-order valence-electron chi connectivity index (χ3n) is 3.55. The van der Waals surface area contributed by atoms with Gasteiger partial charge in [-0.3, -0.25) is 4.79 Å². The van der Waals surface area contributed by atoms with E-state index >= 15 is 0 Å². The van der Waals surface area contributed by atoms with E-state index in [4.69, 9.17) is 4.74 Å². The fraction of sp³-hybridized carbons (Fsp3) is 0.176. The molecule has 1 heterocycles. The third kappa shape index (κ3) is 2.93. The van der Waals surface area contributed by atoms with Crippen molar-refractivity contribution in [3.63, 3.8) is 0 Å². The van der Waals surface area contributed by atoms with E-state index in [1.165, 1.54) is 0 Å². The summed E-state index contributed by atoms with van der Waals surface area (Å²) in [6.07, 6.45) is -0.00343. The number of aryl methyl sites for hydroxylation is 1. The highest BCUT2D eigenvalue weighted by molar-refractivity contribution is 5.94. The largest absolute Gasteiger partial charge is 0.478 e. The predicted molar refractivity (Wildman–Crippen MR) is 80.8 cm³/mol. The molecule has 2 N–H and O–H groups in total. The fourth-order valence-electron chi connectivity index (χ4n) is 2.46. The van der Waals surface area contributed by atoms with E-state index in [2.05, 4.69) is 5.32 Å². The second-order valence-electron chi connectivity index (χ2n) is 5.11. The number of carbonyl (C=O) groups excluding carboxylic acids is 1. The van der Waals surface area contributed by atoms with Crippen LogP contribution in [0, 0.1) is 0 Å². The Balaban J connectivity index is 1.85. The van der Waals surface area contributed by atoms with E-state index < -0.39 is 12.1 Å². The predicted octanol–water partition coefficient (Wildman–Crippen LogP) is 2.78. The first-order valence-corrected chi connectivity index (χ1v) is 7.00. The van der Waals surface area contributed by atoms with Gasteiger partial charge < -0.3 is 15.2 Å². The van der Waals surface area contributed by atoms with Crippen molar-refractivity contribution < 1.29 is 19.4 Å². The van der Waals surface area contributed by atoms with E-state index in [0.29, 0.717) is 24.2 Å². The van der Waals surface area contributed by atoms with Gasteiger partial charge in [-0.15, -0.1) is 0 Å². The van der Waals surface area contributed by atoms with Crippen LogP contribution in [0.2, 0.25) is 0 Å². The highest BCUT2D eigenvalue weighted by Crippen LogP contribution is 2.29. The number of aliphatic carboxylic acids is 1. The maximum absolute atomic E-state index is 11.5. The van der Waals surface area contributed by atoms with Crippen LogP contribution in [0.25, 0.3) is 0 Å². The molecule has 2 aromatic rings. The number of fused-ring (bicyclic) bond motifs is 1. The summed E-state index contributed by atoms with van der Waals surface area (Å²) in [5, 5.41) is 12.2. The second kappa shape index (κ2) is 5.89. The zero-order valence-electron chi connectivity index (χ0n) is 11.8. The Hall–Kier alpha value is -2.82. The lowest BCUT2D eigenvalue weighted by Crippen LogP contribution is -2.20. The number of nitrogens with one attached hydrogen (secondary N) is 1. The summed E-state index contributed by atoms with van der Waals surface area (Å²) in [5.74, 6) is -0.572. The summed E-state index contributed by atoms with van der Waals surface area (Å²) in [6, 6.07) is 14.0. The number of carboxylic acid groups (broad SMARTS) is 1. The zero-order valence-corrected chi connectivity index (χ0v) is 11.8. The van der Waals surface area contributed by atoms with Crippen molar-refractivity contribution in [3.8, 4) is 5.75 Å². The lowest BCUT2D eigenvalue weighted by atomic mass is 10.0. The van der Waals surface area contributed by atoms with Crippen molar-refractivity contribution in [2.24, 2.45) is 0 Å². The molecule has 1 unspecified atom stereocenters. The molecule has 1 amide bonds. The van der Waals surface area contributed by atoms with E-state index in [-0.39, 0.29) is 5.91 Å². The summed E-state index contributed by atoms with van der Waals surface area (Å²) in [6.45, 7) is 0. The van der Waals surface area contributed by atoms with Gasteiger partial charge in [0.25, 0.3) is 0 Å². The van der Waals surface area contributed by atoms with Crippen molar-refractivity contribution in [3.05, 3.63) is 59.7 Å². The molecule has 0 fully saturated rings. The normalized spacial score (nSPS) is 14.6. The molecule has 112 valence electrons. The van der Waals surface area contributed by atoms with Crippen molar-refractivity contribution in [1.29, 1.82) is 0 Å². The van der Waals surface area contributed by atoms with Gasteiger partial charge in [-0.1, -0.05) is 30.3 Å². The van der Waals surface area contributed by atoms with Crippen LogP contribution in [0.1, 0.15) is 23.7 Å². The molecular weight excluding hydrogens is 282 g/mol. The number of amides is 1. The molecule has 0 aromatic heterocycles. The molecule has 0 saturated heterocycles. The van der Waals surface area contributed by atoms with Gasteiger partial charge in [0.2, 0.25) is 12.0 Å². The summed E-state index contributed by atoms with van der Waals surface area (Å²) in [4.78, 5) is 22.8. The van der Waals surface area contributed by atoms with Crippen molar-refractivity contribution in [2.45, 2.75) is 18.9 Å². The van der Waals surface area contributed by atoms with Gasteiger partial charge in [0.05, 0.1) is 0 Å². The van der Waals surface area contributed by atoms with E-state index in [1.54, 1.807) is 42.5 Å². The Morgan fingerprint density at radius 2 is 1.91 bits per heavy atom. The van der Waals surface area contributed by atoms with E-state index in [1.807, 2.05) is 6.07 Å². The van der Waals surface area contributed by atoms with Gasteiger partial charge in [0, 0.05) is 17.7 Å². The van der Waals surface area contributed by atoms with Gasteiger partial charge in [0.1, 0.15) is 5.75 Å². The molecule has 5 nitrogen and oxygen atoms in total. The van der Waals surface area contributed by atoms with Crippen LogP contribution in [0.4, 0.5) is 5.69 Å². The van der Waals surface area contributed by atoms with Gasteiger partial charge in [0.15, 0.2) is 0 Å². The van der Waals surface area contributed by atoms with Gasteiger partial charge >= 0.3 is 5.97 Å². The third-order valence-corrected chi connectivity index (χ3v) is 3.55. The lowest BCUT2D eigenvalue weighted by Gasteiger charge is -2.20. The molecule has 5 heteroatoms. The molecule has 0 radical (unpaired) electrons. The van der Waals surface area contributed by atoms with Crippen LogP contribution >= 0.6 is 0 Å². The minimum Gasteiger partial charge on any atom is -0.478 e. The number of hydrogen-bond acceptors (Lipinski definition) is 3. The summed E-state index contributed by atoms with van der Waals surface area (Å²) >= 11 is 0. The lowest BCUT2D eigenvalue weighted by molar-refractivity contribution is -0.145. The number of anilines is 1. The monoisotopic (exact) mass is 297 g/mol. The minimum absolute atomic E-state index is 0.00568. The van der Waals surface area contributed by atoms with Crippen LogP contribution < -0.4 is 10.1 Å². The van der Waals surface area contributed by atoms with Crippen molar-refractivity contribution in [2.75, 3.05) is 5.32 Å². The maximum Gasteiger partial charge on any atom is 0.349 e. The van der Waals surface area contributed by atoms with Crippen LogP contribution in [0.3, 0.4) is 0 Å². The Morgan fingerprint density at radius 3 is 2.64 bits per heavy atom. The minimum atomic E-state index is -1.06. The number of carboxylic acids is 1. The van der Waals surface area contributed by atoms with Crippen LogP contribution in [-0.4, -0.2) is 17.0 Å². The molecule has 0 saturated carbocycles. The summed E-state index contributed by atoms with van der Waals surface area (Å²) in [5.41, 5.74) is 2.30. The number of benzene rings is 2. The number of rotatable bonds is 4. The molecule has 0 spiro atoms. The molecule has 1 atom stereocenters. The zero-order chi connectivity index (χ0) is 15.5. The van der Waals surface area contributed by atoms with Gasteiger partial charge in [-0.25, -0.2) is 4.79 Å². The van der Waals surface area contributed by atoms with E-state index in [0.717, 1.165) is 11.3 Å². The first-order valence-electron chi connectivity index (χ1n) is 7.00. The molecule has 3 rings (SSSR count). The molecular formula is C17H15NO4. The number of carbonyl (C=O) groups is 2. The van der Waals surface area contributed by atoms with Crippen molar-refractivity contribution >= 4 is 17.6 Å². The number of ether oxygens (including phenoxy) is 1. The molecule has 1 aliphatic heterocycles. The highest BCUT2D eigenvalue weighted by atomic mass is 16.5. The van der Waals surface area contributed by atoms with E-state index in [9.17, 15) is 14.7 Å². The second-order valence-corrected chi connectivity index (χ2v) is 5.11. The first kappa shape index (κ1) is 14.1. The van der Waals surface area contributed by atoms with Gasteiger partial charge in [-0.2, -0.15) is 0 Å². The highest BCUT2D eigenvalue weighted by Gasteiger charge is 2.22. The molecule has 22 heavy (non-hydrogen) atoms. The Labute approximate surface area is 127 Å². The van der Waals surface area contributed by atoms with Gasteiger partial charge in [-0.05, 0) is 30.2 Å². The maximum atomic E-state index is 11.5.